The molecule has 2 atom stereocenters. The summed E-state index contributed by atoms with van der Waals surface area (Å²) in [5, 5.41) is 9.35. The molecule has 0 radical (unpaired) electrons. The Hall–Kier alpha value is -3.45. The molecule has 7 heteroatoms. The van der Waals surface area contributed by atoms with Gasteiger partial charge >= 0.3 is 5.97 Å². The molecule has 6 nitrogen and oxygen atoms in total. The van der Waals surface area contributed by atoms with Crippen molar-refractivity contribution in [2.24, 2.45) is 0 Å². The van der Waals surface area contributed by atoms with Crippen molar-refractivity contribution in [3.8, 4) is 11.5 Å². The SMILES string of the molecule is COc1cc(C2SCC(C(=O)O)N2C(=O)CCc2ccccc2)ccc1OCc1ccccc1. The molecule has 3 aromatic rings. The Morgan fingerprint density at radius 3 is 2.29 bits per heavy atom. The molecule has 1 fully saturated rings. The third kappa shape index (κ3) is 5.54. The molecule has 0 spiro atoms. The molecule has 176 valence electrons. The van der Waals surface area contributed by atoms with Gasteiger partial charge in [-0.3, -0.25) is 4.79 Å². The number of carbonyl (C=O) groups excluding carboxylic acids is 1. The molecule has 34 heavy (non-hydrogen) atoms. The standard InChI is InChI=1S/C27H27NO5S/c1-32-24-16-21(13-14-23(24)33-17-20-10-6-3-7-11-20)26-28(22(18-34-26)27(30)31)25(29)15-12-19-8-4-2-5-9-19/h2-11,13-14,16,22,26H,12,15,17-18H2,1H3,(H,30,31). The second-order valence-corrected chi connectivity index (χ2v) is 9.12. The average molecular weight is 478 g/mol. The summed E-state index contributed by atoms with van der Waals surface area (Å²) in [5.41, 5.74) is 2.90. The van der Waals surface area contributed by atoms with E-state index in [0.717, 1.165) is 16.7 Å². The van der Waals surface area contributed by atoms with Crippen LogP contribution in [-0.2, 0) is 22.6 Å². The van der Waals surface area contributed by atoms with Gasteiger partial charge in [-0.1, -0.05) is 66.7 Å². The van der Waals surface area contributed by atoms with Crippen molar-refractivity contribution < 1.29 is 24.2 Å². The van der Waals surface area contributed by atoms with Crippen molar-refractivity contribution in [2.75, 3.05) is 12.9 Å². The summed E-state index contributed by atoms with van der Waals surface area (Å²) in [4.78, 5) is 26.6. The van der Waals surface area contributed by atoms with E-state index in [1.165, 1.54) is 16.7 Å². The summed E-state index contributed by atoms with van der Waals surface area (Å²) in [6, 6.07) is 24.2. The number of rotatable bonds is 9. The largest absolute Gasteiger partial charge is 0.493 e. The summed E-state index contributed by atoms with van der Waals surface area (Å²) < 4.78 is 11.5. The minimum atomic E-state index is -0.988. The lowest BCUT2D eigenvalue weighted by Crippen LogP contribution is -2.43. The molecule has 1 N–H and O–H groups in total. The minimum Gasteiger partial charge on any atom is -0.493 e. The number of carbonyl (C=O) groups is 2. The van der Waals surface area contributed by atoms with E-state index in [2.05, 4.69) is 0 Å². The van der Waals surface area contributed by atoms with Crippen molar-refractivity contribution in [3.63, 3.8) is 0 Å². The minimum absolute atomic E-state index is 0.172. The fraction of sp³-hybridized carbons (Fsp3) is 0.259. The summed E-state index contributed by atoms with van der Waals surface area (Å²) >= 11 is 1.45. The Kier molecular flexibility index (Phi) is 7.75. The van der Waals surface area contributed by atoms with Gasteiger partial charge in [-0.05, 0) is 35.2 Å². The van der Waals surface area contributed by atoms with Gasteiger partial charge in [0, 0.05) is 12.2 Å². The number of hydrogen-bond donors (Lipinski definition) is 1. The Bertz CT molecular complexity index is 1120. The van der Waals surface area contributed by atoms with Gasteiger partial charge in [0.25, 0.3) is 0 Å². The first-order chi connectivity index (χ1) is 16.6. The Morgan fingerprint density at radius 1 is 0.971 bits per heavy atom. The predicted molar refractivity (Wildman–Crippen MR) is 132 cm³/mol. The van der Waals surface area contributed by atoms with Gasteiger partial charge in [-0.15, -0.1) is 11.8 Å². The predicted octanol–water partition coefficient (Wildman–Crippen LogP) is 4.93. The van der Waals surface area contributed by atoms with Gasteiger partial charge in [0.1, 0.15) is 18.0 Å². The molecular formula is C27H27NO5S. The highest BCUT2D eigenvalue weighted by atomic mass is 32.2. The zero-order valence-corrected chi connectivity index (χ0v) is 19.7. The van der Waals surface area contributed by atoms with E-state index >= 15 is 0 Å². The number of amides is 1. The molecule has 1 saturated heterocycles. The van der Waals surface area contributed by atoms with Crippen LogP contribution in [0.5, 0.6) is 11.5 Å². The van der Waals surface area contributed by atoms with Gasteiger partial charge in [0.2, 0.25) is 5.91 Å². The summed E-state index contributed by atoms with van der Waals surface area (Å²) in [7, 11) is 1.57. The molecule has 3 aromatic carbocycles. The molecule has 0 aromatic heterocycles. The number of aryl methyl sites for hydroxylation is 1. The van der Waals surface area contributed by atoms with Crippen molar-refractivity contribution in [1.29, 1.82) is 0 Å². The smallest absolute Gasteiger partial charge is 0.327 e. The number of thioether (sulfide) groups is 1. The third-order valence-electron chi connectivity index (χ3n) is 5.75. The van der Waals surface area contributed by atoms with Crippen LogP contribution in [0.15, 0.2) is 78.9 Å². The molecule has 0 saturated carbocycles. The topological polar surface area (TPSA) is 76.1 Å². The first kappa shape index (κ1) is 23.7. The highest BCUT2D eigenvalue weighted by Crippen LogP contribution is 2.44. The van der Waals surface area contributed by atoms with Crippen molar-refractivity contribution >= 4 is 23.6 Å². The van der Waals surface area contributed by atoms with E-state index in [-0.39, 0.29) is 12.3 Å². The monoisotopic (exact) mass is 477 g/mol. The maximum atomic E-state index is 13.2. The zero-order valence-electron chi connectivity index (χ0n) is 18.9. The number of methoxy groups -OCH3 is 1. The number of carboxylic acid groups (broad SMARTS) is 1. The van der Waals surface area contributed by atoms with Gasteiger partial charge in [-0.25, -0.2) is 4.79 Å². The number of carboxylic acids is 1. The summed E-state index contributed by atoms with van der Waals surface area (Å²) in [6.45, 7) is 0.403. The number of nitrogens with zero attached hydrogens (tertiary/aromatic N) is 1. The van der Waals surface area contributed by atoms with Crippen LogP contribution in [0.4, 0.5) is 0 Å². The van der Waals surface area contributed by atoms with E-state index < -0.39 is 17.4 Å². The Balaban J connectivity index is 1.52. The zero-order chi connectivity index (χ0) is 23.9. The van der Waals surface area contributed by atoms with Gasteiger partial charge < -0.3 is 19.5 Å². The van der Waals surface area contributed by atoms with Gasteiger partial charge in [0.15, 0.2) is 11.5 Å². The second kappa shape index (κ2) is 11.1. The molecule has 1 amide bonds. The third-order valence-corrected chi connectivity index (χ3v) is 7.08. The normalized spacial score (nSPS) is 17.4. The van der Waals surface area contributed by atoms with E-state index in [0.29, 0.717) is 30.3 Å². The fourth-order valence-electron chi connectivity index (χ4n) is 3.98. The number of benzene rings is 3. The van der Waals surface area contributed by atoms with Crippen LogP contribution >= 0.6 is 11.8 Å². The van der Waals surface area contributed by atoms with Gasteiger partial charge in [-0.2, -0.15) is 0 Å². The maximum absolute atomic E-state index is 13.2. The Labute approximate surface area is 203 Å². The molecule has 0 bridgehead atoms. The molecule has 0 aliphatic carbocycles. The number of aliphatic carboxylic acids is 1. The first-order valence-corrected chi connectivity index (χ1v) is 12.2. The van der Waals surface area contributed by atoms with Crippen LogP contribution in [0.25, 0.3) is 0 Å². The van der Waals surface area contributed by atoms with Crippen LogP contribution in [0.3, 0.4) is 0 Å². The van der Waals surface area contributed by atoms with Crippen molar-refractivity contribution in [3.05, 3.63) is 95.6 Å². The fourth-order valence-corrected chi connectivity index (χ4v) is 5.41. The van der Waals surface area contributed by atoms with E-state index in [9.17, 15) is 14.7 Å². The van der Waals surface area contributed by atoms with Gasteiger partial charge in [0.05, 0.1) is 7.11 Å². The quantitative estimate of drug-likeness (QED) is 0.471. The Morgan fingerprint density at radius 2 is 1.65 bits per heavy atom. The molecular weight excluding hydrogens is 450 g/mol. The highest BCUT2D eigenvalue weighted by Gasteiger charge is 2.42. The van der Waals surface area contributed by atoms with E-state index in [1.807, 2.05) is 78.9 Å². The lowest BCUT2D eigenvalue weighted by atomic mass is 10.1. The van der Waals surface area contributed by atoms with Crippen LogP contribution < -0.4 is 9.47 Å². The molecule has 1 aliphatic rings. The number of hydrogen-bond acceptors (Lipinski definition) is 5. The van der Waals surface area contributed by atoms with E-state index in [4.69, 9.17) is 9.47 Å². The first-order valence-electron chi connectivity index (χ1n) is 11.1. The lowest BCUT2D eigenvalue weighted by Gasteiger charge is -2.28. The lowest BCUT2D eigenvalue weighted by molar-refractivity contribution is -0.149. The maximum Gasteiger partial charge on any atom is 0.327 e. The van der Waals surface area contributed by atoms with Crippen LogP contribution in [0.2, 0.25) is 0 Å². The van der Waals surface area contributed by atoms with Crippen molar-refractivity contribution in [1.82, 2.24) is 4.90 Å². The second-order valence-electron chi connectivity index (χ2n) is 8.01. The van der Waals surface area contributed by atoms with Crippen molar-refractivity contribution in [2.45, 2.75) is 30.9 Å². The summed E-state index contributed by atoms with van der Waals surface area (Å²) in [5.74, 6) is 0.317. The summed E-state index contributed by atoms with van der Waals surface area (Å²) in [6.07, 6.45) is 0.815. The molecule has 2 unspecified atom stereocenters. The van der Waals surface area contributed by atoms with Crippen LogP contribution in [0.1, 0.15) is 28.5 Å². The molecule has 4 rings (SSSR count). The molecule has 1 aliphatic heterocycles. The molecule has 1 heterocycles. The van der Waals surface area contributed by atoms with Crippen LogP contribution in [0, 0.1) is 0 Å². The average Bonchev–Trinajstić information content (AvgIpc) is 3.33. The van der Waals surface area contributed by atoms with E-state index in [1.54, 1.807) is 7.11 Å². The van der Waals surface area contributed by atoms with Crippen LogP contribution in [-0.4, -0.2) is 40.8 Å². The number of ether oxygens (including phenoxy) is 2. The highest BCUT2D eigenvalue weighted by molar-refractivity contribution is 7.99.